The van der Waals surface area contributed by atoms with Gasteiger partial charge in [-0.1, -0.05) is 104 Å². The van der Waals surface area contributed by atoms with Crippen molar-refractivity contribution >= 4 is 82.8 Å². The monoisotopic (exact) mass is 600 g/mol. The maximum Gasteiger partial charge on any atom is 0.162 e. The van der Waals surface area contributed by atoms with Crippen molar-refractivity contribution in [2.75, 3.05) is 0 Å². The molecule has 6 aromatic carbocycles. The standard InChI is InChI=1S/C43H28N4/c1-3-13-29-33-25-34-30-16-8-11-20-37(30)46-38-21-12-9-18-32(38)39(40(34)46)41(33)47(36(29)4-2)43-31-17-7-10-19-35(31)44-42(45-43)28-23-22-26-14-5-6-15-27(26)24-28/h3-25H,2H2,1H3/b13-3-. The topological polar surface area (TPSA) is 35.1 Å². The molecule has 0 fully saturated rings. The van der Waals surface area contributed by atoms with E-state index in [1.165, 1.54) is 48.9 Å². The zero-order chi connectivity index (χ0) is 31.2. The second-order valence-electron chi connectivity index (χ2n) is 12.2. The van der Waals surface area contributed by atoms with E-state index in [9.17, 15) is 0 Å². The molecule has 0 amide bonds. The Morgan fingerprint density at radius 2 is 1.32 bits per heavy atom. The molecule has 0 aliphatic carbocycles. The summed E-state index contributed by atoms with van der Waals surface area (Å²) in [6.07, 6.45) is 6.31. The molecule has 10 rings (SSSR count). The number of aromatic nitrogens is 4. The van der Waals surface area contributed by atoms with Crippen LogP contribution < -0.4 is 0 Å². The third-order valence-corrected chi connectivity index (χ3v) is 9.71. The van der Waals surface area contributed by atoms with Crippen LogP contribution in [0, 0.1) is 0 Å². The maximum absolute atomic E-state index is 5.42. The highest BCUT2D eigenvalue weighted by Crippen LogP contribution is 2.46. The Kier molecular flexibility index (Phi) is 5.32. The van der Waals surface area contributed by atoms with Gasteiger partial charge in [0.05, 0.1) is 33.3 Å². The van der Waals surface area contributed by atoms with Gasteiger partial charge in [-0.05, 0) is 60.2 Å². The van der Waals surface area contributed by atoms with Crippen molar-refractivity contribution in [2.45, 2.75) is 6.92 Å². The van der Waals surface area contributed by atoms with Crippen LogP contribution in [-0.2, 0) is 0 Å². The Hall–Kier alpha value is -6.26. The summed E-state index contributed by atoms with van der Waals surface area (Å²) in [4.78, 5) is 10.5. The van der Waals surface area contributed by atoms with Crippen LogP contribution in [0.5, 0.6) is 0 Å². The summed E-state index contributed by atoms with van der Waals surface area (Å²) in [5.74, 6) is 1.54. The lowest BCUT2D eigenvalue weighted by molar-refractivity contribution is 1.03. The van der Waals surface area contributed by atoms with Crippen molar-refractivity contribution in [3.05, 3.63) is 145 Å². The van der Waals surface area contributed by atoms with Crippen molar-refractivity contribution in [2.24, 2.45) is 0 Å². The van der Waals surface area contributed by atoms with E-state index in [1.807, 2.05) is 6.08 Å². The summed E-state index contributed by atoms with van der Waals surface area (Å²) in [6.45, 7) is 6.44. The summed E-state index contributed by atoms with van der Waals surface area (Å²) in [6, 6.07) is 43.1. The molecule has 0 spiro atoms. The summed E-state index contributed by atoms with van der Waals surface area (Å²) in [7, 11) is 0. The number of hydrogen-bond acceptors (Lipinski definition) is 2. The molecule has 0 radical (unpaired) electrons. The molecule has 4 aromatic heterocycles. The van der Waals surface area contributed by atoms with Crippen LogP contribution in [-0.4, -0.2) is 18.9 Å². The summed E-state index contributed by atoms with van der Waals surface area (Å²) >= 11 is 0. The first-order valence-corrected chi connectivity index (χ1v) is 16.0. The first-order valence-electron chi connectivity index (χ1n) is 16.0. The van der Waals surface area contributed by atoms with E-state index in [0.29, 0.717) is 5.82 Å². The molecule has 4 nitrogen and oxygen atoms in total. The van der Waals surface area contributed by atoms with Crippen LogP contribution in [0.2, 0.25) is 0 Å². The second-order valence-corrected chi connectivity index (χ2v) is 12.2. The molecule has 220 valence electrons. The van der Waals surface area contributed by atoms with Gasteiger partial charge in [-0.3, -0.25) is 4.57 Å². The molecule has 4 heterocycles. The molecule has 0 saturated carbocycles. The predicted octanol–water partition coefficient (Wildman–Crippen LogP) is 11.2. The Morgan fingerprint density at radius 1 is 0.617 bits per heavy atom. The van der Waals surface area contributed by atoms with E-state index in [2.05, 4.69) is 156 Å². The van der Waals surface area contributed by atoms with E-state index in [4.69, 9.17) is 9.97 Å². The normalized spacial score (nSPS) is 12.4. The zero-order valence-electron chi connectivity index (χ0n) is 25.8. The highest BCUT2D eigenvalue weighted by molar-refractivity contribution is 6.32. The van der Waals surface area contributed by atoms with Gasteiger partial charge in [0.15, 0.2) is 5.82 Å². The van der Waals surface area contributed by atoms with E-state index in [1.54, 1.807) is 0 Å². The minimum atomic E-state index is 0.695. The zero-order valence-corrected chi connectivity index (χ0v) is 25.8. The van der Waals surface area contributed by atoms with E-state index in [-0.39, 0.29) is 0 Å². The third-order valence-electron chi connectivity index (χ3n) is 9.71. The fraction of sp³-hybridized carbons (Fsp3) is 0.0233. The van der Waals surface area contributed by atoms with Gasteiger partial charge in [0.25, 0.3) is 0 Å². The lowest BCUT2D eigenvalue weighted by Gasteiger charge is -2.14. The molecule has 4 heteroatoms. The highest BCUT2D eigenvalue weighted by atomic mass is 15.1. The summed E-state index contributed by atoms with van der Waals surface area (Å²) in [5, 5.41) is 9.47. The molecular formula is C43H28N4. The molecule has 0 bridgehead atoms. The number of allylic oxidation sites excluding steroid dienone is 1. The van der Waals surface area contributed by atoms with Gasteiger partial charge >= 0.3 is 0 Å². The smallest absolute Gasteiger partial charge is 0.162 e. The number of rotatable bonds is 4. The van der Waals surface area contributed by atoms with Crippen molar-refractivity contribution in [3.63, 3.8) is 0 Å². The molecule has 0 unspecified atom stereocenters. The fourth-order valence-electron chi connectivity index (χ4n) is 7.77. The van der Waals surface area contributed by atoms with Gasteiger partial charge in [0.2, 0.25) is 0 Å². The van der Waals surface area contributed by atoms with Crippen molar-refractivity contribution in [3.8, 4) is 17.2 Å². The highest BCUT2D eigenvalue weighted by Gasteiger charge is 2.26. The van der Waals surface area contributed by atoms with Gasteiger partial charge in [-0.25, -0.2) is 9.97 Å². The average Bonchev–Trinajstić information content (AvgIpc) is 3.75. The predicted molar refractivity (Wildman–Crippen MR) is 199 cm³/mol. The number of hydrogen-bond donors (Lipinski definition) is 0. The van der Waals surface area contributed by atoms with E-state index in [0.717, 1.165) is 44.4 Å². The van der Waals surface area contributed by atoms with Crippen LogP contribution in [0.4, 0.5) is 0 Å². The van der Waals surface area contributed by atoms with Gasteiger partial charge in [0.1, 0.15) is 5.82 Å². The fourth-order valence-corrected chi connectivity index (χ4v) is 7.77. The number of nitrogens with zero attached hydrogens (tertiary/aromatic N) is 4. The Bertz CT molecular complexity index is 2940. The summed E-state index contributed by atoms with van der Waals surface area (Å²) < 4.78 is 4.78. The molecule has 0 N–H and O–H groups in total. The van der Waals surface area contributed by atoms with Crippen molar-refractivity contribution in [1.29, 1.82) is 0 Å². The second kappa shape index (κ2) is 9.62. The molecule has 0 atom stereocenters. The molecule has 0 saturated heterocycles. The first kappa shape index (κ1) is 26.0. The van der Waals surface area contributed by atoms with Crippen LogP contribution >= 0.6 is 0 Å². The van der Waals surface area contributed by atoms with Crippen molar-refractivity contribution in [1.82, 2.24) is 18.9 Å². The summed E-state index contributed by atoms with van der Waals surface area (Å²) in [5.41, 5.74) is 8.80. The Morgan fingerprint density at radius 3 is 2.13 bits per heavy atom. The first-order chi connectivity index (χ1) is 23.2. The quantitative estimate of drug-likeness (QED) is 0.201. The van der Waals surface area contributed by atoms with Crippen LogP contribution in [0.15, 0.2) is 134 Å². The number of benzene rings is 6. The molecule has 10 aromatic rings. The number of para-hydroxylation sites is 3. The SMILES string of the molecule is C=Cc1c(/C=C\C)c2cc3c4ccccc4n4c5ccccc5c(c2n1-c1nc(-c2ccc5ccccc5c2)nc2ccccc12)c34. The van der Waals surface area contributed by atoms with Crippen LogP contribution in [0.3, 0.4) is 0 Å². The Labute approximate surface area is 270 Å². The average molecular weight is 601 g/mol. The minimum Gasteiger partial charge on any atom is -0.308 e. The van der Waals surface area contributed by atoms with E-state index >= 15 is 0 Å². The molecule has 0 aliphatic heterocycles. The van der Waals surface area contributed by atoms with Gasteiger partial charge < -0.3 is 4.40 Å². The molecular weight excluding hydrogens is 573 g/mol. The Balaban J connectivity index is 1.43. The lowest BCUT2D eigenvalue weighted by Crippen LogP contribution is -2.04. The van der Waals surface area contributed by atoms with Crippen LogP contribution in [0.1, 0.15) is 18.2 Å². The van der Waals surface area contributed by atoms with Crippen LogP contribution in [0.25, 0.3) is 100 Å². The maximum atomic E-state index is 5.42. The minimum absolute atomic E-state index is 0.695. The third kappa shape index (κ3) is 3.47. The lowest BCUT2D eigenvalue weighted by atomic mass is 10.0. The molecule has 47 heavy (non-hydrogen) atoms. The van der Waals surface area contributed by atoms with E-state index < -0.39 is 0 Å². The largest absolute Gasteiger partial charge is 0.308 e. The number of fused-ring (bicyclic) bond motifs is 10. The van der Waals surface area contributed by atoms with Gasteiger partial charge in [-0.2, -0.15) is 0 Å². The van der Waals surface area contributed by atoms with Crippen molar-refractivity contribution < 1.29 is 0 Å². The van der Waals surface area contributed by atoms with Gasteiger partial charge in [-0.15, -0.1) is 0 Å². The van der Waals surface area contributed by atoms with Gasteiger partial charge in [0, 0.05) is 43.4 Å². The molecule has 0 aliphatic rings.